The Hall–Kier alpha value is 0.170. The first-order valence-electron chi connectivity index (χ1n) is 6.76. The summed E-state index contributed by atoms with van der Waals surface area (Å²) in [7, 11) is 0. The molecule has 2 rings (SSSR count). The molecule has 2 aliphatic heterocycles. The SMILES string of the molecule is CCN1CCCC1CC1(C)NCC(C)CO1.Cl. The third kappa shape index (κ3) is 3.82. The van der Waals surface area contributed by atoms with Crippen LogP contribution in [-0.2, 0) is 4.74 Å². The average Bonchev–Trinajstić information content (AvgIpc) is 2.70. The second-order valence-corrected chi connectivity index (χ2v) is 5.66. The molecule has 2 aliphatic rings. The van der Waals surface area contributed by atoms with Crippen LogP contribution in [0.25, 0.3) is 0 Å². The van der Waals surface area contributed by atoms with Gasteiger partial charge in [0.25, 0.3) is 0 Å². The Morgan fingerprint density at radius 3 is 2.82 bits per heavy atom. The smallest absolute Gasteiger partial charge is 0.117 e. The van der Waals surface area contributed by atoms with E-state index in [4.69, 9.17) is 4.74 Å². The molecule has 0 aromatic heterocycles. The molecule has 0 aliphatic carbocycles. The summed E-state index contributed by atoms with van der Waals surface area (Å²) in [5.74, 6) is 0.652. The lowest BCUT2D eigenvalue weighted by Crippen LogP contribution is -2.55. The van der Waals surface area contributed by atoms with Crippen LogP contribution in [0.15, 0.2) is 0 Å². The molecule has 0 amide bonds. The molecule has 4 heteroatoms. The summed E-state index contributed by atoms with van der Waals surface area (Å²) < 4.78 is 5.99. The van der Waals surface area contributed by atoms with Crippen molar-refractivity contribution in [3.8, 4) is 0 Å². The van der Waals surface area contributed by atoms with Gasteiger partial charge in [0.15, 0.2) is 0 Å². The lowest BCUT2D eigenvalue weighted by Gasteiger charge is -2.40. The molecular weight excluding hydrogens is 236 g/mol. The fourth-order valence-corrected chi connectivity index (χ4v) is 2.95. The van der Waals surface area contributed by atoms with Crippen LogP contribution in [0, 0.1) is 5.92 Å². The number of hydrogen-bond donors (Lipinski definition) is 1. The third-order valence-electron chi connectivity index (χ3n) is 4.04. The van der Waals surface area contributed by atoms with Gasteiger partial charge in [0.1, 0.15) is 5.72 Å². The van der Waals surface area contributed by atoms with Gasteiger partial charge in [-0.05, 0) is 38.8 Å². The molecule has 0 aromatic carbocycles. The number of likely N-dealkylation sites (tertiary alicyclic amines) is 1. The van der Waals surface area contributed by atoms with Gasteiger partial charge in [-0.1, -0.05) is 13.8 Å². The fraction of sp³-hybridized carbons (Fsp3) is 1.00. The van der Waals surface area contributed by atoms with Gasteiger partial charge in [0.2, 0.25) is 0 Å². The van der Waals surface area contributed by atoms with E-state index in [-0.39, 0.29) is 18.1 Å². The Kier molecular flexibility index (Phi) is 5.71. The standard InChI is InChI=1S/C13H26N2O.ClH/c1-4-15-7-5-6-12(15)8-13(3)14-9-11(2)10-16-13;/h11-12,14H,4-10H2,1-3H3;1H. The van der Waals surface area contributed by atoms with Gasteiger partial charge in [-0.2, -0.15) is 0 Å². The highest BCUT2D eigenvalue weighted by atomic mass is 35.5. The largest absolute Gasteiger partial charge is 0.361 e. The molecule has 17 heavy (non-hydrogen) atoms. The Morgan fingerprint density at radius 2 is 2.24 bits per heavy atom. The molecule has 0 bridgehead atoms. The maximum absolute atomic E-state index is 5.99. The lowest BCUT2D eigenvalue weighted by molar-refractivity contribution is -0.114. The van der Waals surface area contributed by atoms with Gasteiger partial charge >= 0.3 is 0 Å². The summed E-state index contributed by atoms with van der Waals surface area (Å²) in [5, 5.41) is 3.57. The molecule has 0 aromatic rings. The van der Waals surface area contributed by atoms with Crippen molar-refractivity contribution in [1.29, 1.82) is 0 Å². The first kappa shape index (κ1) is 15.2. The number of halogens is 1. The Balaban J connectivity index is 0.00000144. The Labute approximate surface area is 112 Å². The highest BCUT2D eigenvalue weighted by Crippen LogP contribution is 2.27. The van der Waals surface area contributed by atoms with Crippen molar-refractivity contribution in [2.24, 2.45) is 5.92 Å². The zero-order valence-corrected chi connectivity index (χ0v) is 12.2. The number of hydrogen-bond acceptors (Lipinski definition) is 3. The summed E-state index contributed by atoms with van der Waals surface area (Å²) in [6.45, 7) is 11.2. The van der Waals surface area contributed by atoms with E-state index < -0.39 is 0 Å². The van der Waals surface area contributed by atoms with Crippen molar-refractivity contribution >= 4 is 12.4 Å². The summed E-state index contributed by atoms with van der Waals surface area (Å²) in [6.07, 6.45) is 3.82. The highest BCUT2D eigenvalue weighted by Gasteiger charge is 2.35. The minimum Gasteiger partial charge on any atom is -0.361 e. The molecule has 3 atom stereocenters. The molecule has 0 spiro atoms. The number of nitrogens with one attached hydrogen (secondary N) is 1. The van der Waals surface area contributed by atoms with Crippen LogP contribution in [0.1, 0.15) is 40.0 Å². The van der Waals surface area contributed by atoms with E-state index in [0.29, 0.717) is 5.92 Å². The maximum atomic E-state index is 5.99. The van der Waals surface area contributed by atoms with E-state index in [2.05, 4.69) is 31.0 Å². The normalized spacial score (nSPS) is 39.0. The second-order valence-electron chi connectivity index (χ2n) is 5.66. The molecule has 0 saturated carbocycles. The Morgan fingerprint density at radius 1 is 1.47 bits per heavy atom. The molecule has 0 radical (unpaired) electrons. The topological polar surface area (TPSA) is 24.5 Å². The quantitative estimate of drug-likeness (QED) is 0.845. The average molecular weight is 263 g/mol. The van der Waals surface area contributed by atoms with E-state index in [1.807, 2.05) is 0 Å². The first-order valence-corrected chi connectivity index (χ1v) is 6.76. The number of nitrogens with zero attached hydrogens (tertiary/aromatic N) is 1. The summed E-state index contributed by atoms with van der Waals surface area (Å²) in [5.41, 5.74) is -0.0884. The van der Waals surface area contributed by atoms with Crippen molar-refractivity contribution in [3.05, 3.63) is 0 Å². The predicted octanol–water partition coefficient (Wildman–Crippen LogP) is 2.25. The second kappa shape index (κ2) is 6.37. The van der Waals surface area contributed by atoms with E-state index in [0.717, 1.165) is 25.6 Å². The maximum Gasteiger partial charge on any atom is 0.117 e. The number of rotatable bonds is 3. The monoisotopic (exact) mass is 262 g/mol. The van der Waals surface area contributed by atoms with Crippen LogP contribution in [0.4, 0.5) is 0 Å². The van der Waals surface area contributed by atoms with Crippen molar-refractivity contribution < 1.29 is 4.74 Å². The van der Waals surface area contributed by atoms with Crippen molar-refractivity contribution in [1.82, 2.24) is 10.2 Å². The van der Waals surface area contributed by atoms with Crippen molar-refractivity contribution in [3.63, 3.8) is 0 Å². The molecule has 2 fully saturated rings. The van der Waals surface area contributed by atoms with Gasteiger partial charge < -0.3 is 9.64 Å². The Bertz CT molecular complexity index is 229. The van der Waals surface area contributed by atoms with Crippen LogP contribution in [0.5, 0.6) is 0 Å². The molecular formula is C13H27ClN2O. The van der Waals surface area contributed by atoms with Gasteiger partial charge in [-0.25, -0.2) is 0 Å². The van der Waals surface area contributed by atoms with E-state index in [1.165, 1.54) is 25.9 Å². The first-order chi connectivity index (χ1) is 7.63. The zero-order chi connectivity index (χ0) is 11.6. The summed E-state index contributed by atoms with van der Waals surface area (Å²) in [6, 6.07) is 0.718. The molecule has 3 unspecified atom stereocenters. The van der Waals surface area contributed by atoms with Gasteiger partial charge in [-0.15, -0.1) is 12.4 Å². The molecule has 1 N–H and O–H groups in total. The minimum absolute atomic E-state index is 0. The molecule has 2 saturated heterocycles. The van der Waals surface area contributed by atoms with Crippen molar-refractivity contribution in [2.75, 3.05) is 26.2 Å². The number of ether oxygens (including phenoxy) is 1. The van der Waals surface area contributed by atoms with Crippen LogP contribution in [-0.4, -0.2) is 42.9 Å². The molecule has 102 valence electrons. The van der Waals surface area contributed by atoms with E-state index >= 15 is 0 Å². The van der Waals surface area contributed by atoms with Gasteiger partial charge in [-0.3, -0.25) is 5.32 Å². The van der Waals surface area contributed by atoms with E-state index in [1.54, 1.807) is 0 Å². The minimum atomic E-state index is -0.0884. The zero-order valence-electron chi connectivity index (χ0n) is 11.4. The fourth-order valence-electron chi connectivity index (χ4n) is 2.95. The van der Waals surface area contributed by atoms with Crippen LogP contribution < -0.4 is 5.32 Å². The predicted molar refractivity (Wildman–Crippen MR) is 73.7 cm³/mol. The molecule has 2 heterocycles. The third-order valence-corrected chi connectivity index (χ3v) is 4.04. The van der Waals surface area contributed by atoms with E-state index in [9.17, 15) is 0 Å². The summed E-state index contributed by atoms with van der Waals surface area (Å²) >= 11 is 0. The van der Waals surface area contributed by atoms with Gasteiger partial charge in [0, 0.05) is 19.0 Å². The van der Waals surface area contributed by atoms with Crippen LogP contribution >= 0.6 is 12.4 Å². The van der Waals surface area contributed by atoms with Crippen LogP contribution in [0.2, 0.25) is 0 Å². The highest BCUT2D eigenvalue weighted by molar-refractivity contribution is 5.85. The summed E-state index contributed by atoms with van der Waals surface area (Å²) in [4.78, 5) is 2.59. The van der Waals surface area contributed by atoms with Crippen molar-refractivity contribution in [2.45, 2.75) is 51.8 Å². The van der Waals surface area contributed by atoms with Crippen LogP contribution in [0.3, 0.4) is 0 Å². The lowest BCUT2D eigenvalue weighted by atomic mass is 9.99. The van der Waals surface area contributed by atoms with Gasteiger partial charge in [0.05, 0.1) is 6.61 Å². The molecule has 3 nitrogen and oxygen atoms in total.